The topological polar surface area (TPSA) is 67.1 Å². The Balaban J connectivity index is 1.54. The van der Waals surface area contributed by atoms with Gasteiger partial charge in [-0.3, -0.25) is 0 Å². The Labute approximate surface area is 150 Å². The fourth-order valence-electron chi connectivity index (χ4n) is 2.37. The second kappa shape index (κ2) is 8.28. The monoisotopic (exact) mass is 390 g/mol. The number of aliphatic imine (C=N–C) groups is 1. The first-order chi connectivity index (χ1) is 11.7. The fourth-order valence-corrected chi connectivity index (χ4v) is 2.63. The summed E-state index contributed by atoms with van der Waals surface area (Å²) in [6.07, 6.45) is 5.13. The van der Waals surface area contributed by atoms with Crippen molar-refractivity contribution in [3.8, 4) is 0 Å². The zero-order valence-electron chi connectivity index (χ0n) is 13.9. The average molecular weight is 391 g/mol. The van der Waals surface area contributed by atoms with E-state index in [1.807, 2.05) is 12.1 Å². The zero-order valence-corrected chi connectivity index (χ0v) is 15.5. The van der Waals surface area contributed by atoms with Gasteiger partial charge < -0.3 is 15.2 Å². The van der Waals surface area contributed by atoms with Crippen LogP contribution in [0.2, 0.25) is 0 Å². The lowest BCUT2D eigenvalue weighted by Crippen LogP contribution is -2.40. The molecular weight excluding hydrogens is 368 g/mol. The van der Waals surface area contributed by atoms with Crippen molar-refractivity contribution in [1.29, 1.82) is 0 Å². The minimum absolute atomic E-state index is 0.572. The number of aryl methyl sites for hydroxylation is 1. The predicted molar refractivity (Wildman–Crippen MR) is 98.8 cm³/mol. The van der Waals surface area contributed by atoms with Gasteiger partial charge >= 0.3 is 0 Å². The lowest BCUT2D eigenvalue weighted by Gasteiger charge is -2.13. The van der Waals surface area contributed by atoms with Crippen molar-refractivity contribution in [2.24, 2.45) is 4.99 Å². The van der Waals surface area contributed by atoms with Gasteiger partial charge in [-0.1, -0.05) is 35.0 Å². The van der Waals surface area contributed by atoms with E-state index >= 15 is 0 Å². The highest BCUT2D eigenvalue weighted by atomic mass is 79.9. The SMILES string of the molecule is CCc1nncn1CCNC(=NCc1ccc(Br)cc1)NC1CC1. The second-order valence-corrected chi connectivity index (χ2v) is 6.85. The fraction of sp³-hybridized carbons (Fsp3) is 0.471. The Hall–Kier alpha value is -1.89. The number of nitrogens with zero attached hydrogens (tertiary/aromatic N) is 4. The minimum atomic E-state index is 0.572. The van der Waals surface area contributed by atoms with Crippen molar-refractivity contribution in [3.63, 3.8) is 0 Å². The number of aromatic nitrogens is 3. The summed E-state index contributed by atoms with van der Waals surface area (Å²) in [7, 11) is 0. The number of guanidine groups is 1. The molecule has 0 aliphatic heterocycles. The van der Waals surface area contributed by atoms with E-state index in [0.29, 0.717) is 12.6 Å². The Bertz CT molecular complexity index is 675. The van der Waals surface area contributed by atoms with Gasteiger partial charge in [-0.05, 0) is 30.5 Å². The molecule has 2 N–H and O–H groups in total. The van der Waals surface area contributed by atoms with Gasteiger partial charge in [0.05, 0.1) is 6.54 Å². The first kappa shape index (κ1) is 17.0. The second-order valence-electron chi connectivity index (χ2n) is 5.93. The van der Waals surface area contributed by atoms with Crippen LogP contribution < -0.4 is 10.6 Å². The van der Waals surface area contributed by atoms with E-state index in [1.165, 1.54) is 18.4 Å². The first-order valence-corrected chi connectivity index (χ1v) is 9.20. The molecule has 0 spiro atoms. The predicted octanol–water partition coefficient (Wildman–Crippen LogP) is 2.50. The van der Waals surface area contributed by atoms with Gasteiger partial charge in [-0.15, -0.1) is 10.2 Å². The smallest absolute Gasteiger partial charge is 0.191 e. The Morgan fingerprint density at radius 2 is 2.12 bits per heavy atom. The Morgan fingerprint density at radius 1 is 1.33 bits per heavy atom. The number of benzene rings is 1. The number of halogens is 1. The summed E-state index contributed by atoms with van der Waals surface area (Å²) < 4.78 is 3.17. The maximum Gasteiger partial charge on any atom is 0.191 e. The van der Waals surface area contributed by atoms with Gasteiger partial charge in [0.1, 0.15) is 12.2 Å². The summed E-state index contributed by atoms with van der Waals surface area (Å²) in [5.41, 5.74) is 1.20. The molecule has 1 aromatic heterocycles. The van der Waals surface area contributed by atoms with E-state index in [2.05, 4.69) is 60.4 Å². The highest BCUT2D eigenvalue weighted by molar-refractivity contribution is 9.10. The molecule has 3 rings (SSSR count). The molecule has 0 amide bonds. The van der Waals surface area contributed by atoms with Crippen LogP contribution in [0.1, 0.15) is 31.2 Å². The van der Waals surface area contributed by atoms with Crippen LogP contribution in [-0.4, -0.2) is 33.3 Å². The van der Waals surface area contributed by atoms with Crippen LogP contribution in [-0.2, 0) is 19.5 Å². The third kappa shape index (κ3) is 5.06. The van der Waals surface area contributed by atoms with E-state index in [0.717, 1.165) is 35.8 Å². The zero-order chi connectivity index (χ0) is 16.8. The van der Waals surface area contributed by atoms with E-state index in [9.17, 15) is 0 Å². The molecule has 0 atom stereocenters. The van der Waals surface area contributed by atoms with E-state index in [1.54, 1.807) is 6.33 Å². The highest BCUT2D eigenvalue weighted by Crippen LogP contribution is 2.18. The molecule has 0 saturated heterocycles. The van der Waals surface area contributed by atoms with E-state index in [-0.39, 0.29) is 0 Å². The molecule has 2 aromatic rings. The summed E-state index contributed by atoms with van der Waals surface area (Å²) >= 11 is 3.46. The van der Waals surface area contributed by atoms with E-state index < -0.39 is 0 Å². The van der Waals surface area contributed by atoms with Crippen LogP contribution in [0, 0.1) is 0 Å². The van der Waals surface area contributed by atoms with Crippen molar-refractivity contribution >= 4 is 21.9 Å². The highest BCUT2D eigenvalue weighted by Gasteiger charge is 2.22. The minimum Gasteiger partial charge on any atom is -0.355 e. The summed E-state index contributed by atoms with van der Waals surface area (Å²) in [6, 6.07) is 8.84. The third-order valence-corrected chi connectivity index (χ3v) is 4.44. The summed E-state index contributed by atoms with van der Waals surface area (Å²) in [4.78, 5) is 4.70. The molecule has 1 heterocycles. The largest absolute Gasteiger partial charge is 0.355 e. The van der Waals surface area contributed by atoms with Crippen LogP contribution in [0.3, 0.4) is 0 Å². The van der Waals surface area contributed by atoms with Crippen LogP contribution in [0.4, 0.5) is 0 Å². The van der Waals surface area contributed by atoms with Gasteiger partial charge in [0, 0.05) is 30.0 Å². The molecule has 0 unspecified atom stereocenters. The molecule has 24 heavy (non-hydrogen) atoms. The first-order valence-electron chi connectivity index (χ1n) is 8.40. The van der Waals surface area contributed by atoms with Crippen molar-refractivity contribution in [1.82, 2.24) is 25.4 Å². The molecule has 6 nitrogen and oxygen atoms in total. The normalized spacial score (nSPS) is 14.7. The van der Waals surface area contributed by atoms with Crippen molar-refractivity contribution in [2.75, 3.05) is 6.54 Å². The molecule has 1 aliphatic carbocycles. The van der Waals surface area contributed by atoms with Crippen molar-refractivity contribution in [3.05, 3.63) is 46.5 Å². The quantitative estimate of drug-likeness (QED) is 0.562. The lowest BCUT2D eigenvalue weighted by molar-refractivity contribution is 0.631. The average Bonchev–Trinajstić information content (AvgIpc) is 3.29. The molecule has 1 fully saturated rings. The maximum atomic E-state index is 4.70. The Kier molecular flexibility index (Phi) is 5.85. The summed E-state index contributed by atoms with van der Waals surface area (Å²) in [5, 5.41) is 15.0. The number of nitrogens with one attached hydrogen (secondary N) is 2. The summed E-state index contributed by atoms with van der Waals surface area (Å²) in [6.45, 7) is 4.39. The van der Waals surface area contributed by atoms with Gasteiger partial charge in [0.25, 0.3) is 0 Å². The van der Waals surface area contributed by atoms with Crippen LogP contribution >= 0.6 is 15.9 Å². The van der Waals surface area contributed by atoms with Crippen molar-refractivity contribution in [2.45, 2.75) is 45.3 Å². The van der Waals surface area contributed by atoms with Crippen LogP contribution in [0.15, 0.2) is 40.1 Å². The van der Waals surface area contributed by atoms with Gasteiger partial charge in [0.2, 0.25) is 0 Å². The standard InChI is InChI=1S/C17H23BrN6/c1-2-16-23-21-12-24(16)10-9-19-17(22-15-7-8-15)20-11-13-3-5-14(18)6-4-13/h3-6,12,15H,2,7-11H2,1H3,(H2,19,20,22). The van der Waals surface area contributed by atoms with Gasteiger partial charge in [0.15, 0.2) is 5.96 Å². The number of hydrogen-bond acceptors (Lipinski definition) is 3. The maximum absolute atomic E-state index is 4.70. The van der Waals surface area contributed by atoms with Gasteiger partial charge in [-0.25, -0.2) is 4.99 Å². The summed E-state index contributed by atoms with van der Waals surface area (Å²) in [5.74, 6) is 1.90. The molecule has 0 radical (unpaired) electrons. The molecule has 1 saturated carbocycles. The Morgan fingerprint density at radius 3 is 2.83 bits per heavy atom. The molecular formula is C17H23BrN6. The number of rotatable bonds is 7. The lowest BCUT2D eigenvalue weighted by atomic mass is 10.2. The van der Waals surface area contributed by atoms with Crippen LogP contribution in [0.25, 0.3) is 0 Å². The van der Waals surface area contributed by atoms with Crippen LogP contribution in [0.5, 0.6) is 0 Å². The third-order valence-electron chi connectivity index (χ3n) is 3.91. The molecule has 128 valence electrons. The van der Waals surface area contributed by atoms with Crippen molar-refractivity contribution < 1.29 is 0 Å². The molecule has 0 bridgehead atoms. The molecule has 1 aliphatic rings. The van der Waals surface area contributed by atoms with E-state index in [4.69, 9.17) is 4.99 Å². The van der Waals surface area contributed by atoms with Gasteiger partial charge in [-0.2, -0.15) is 0 Å². The molecule has 7 heteroatoms. The molecule has 1 aromatic carbocycles. The number of hydrogen-bond donors (Lipinski definition) is 2.